The van der Waals surface area contributed by atoms with Crippen LogP contribution in [0.4, 0.5) is 11.4 Å². The first-order valence-electron chi connectivity index (χ1n) is 5.67. The highest BCUT2D eigenvalue weighted by atomic mass is 16.6. The maximum absolute atomic E-state index is 11.9. The summed E-state index contributed by atoms with van der Waals surface area (Å²) in [5.74, 6) is -1.45. The van der Waals surface area contributed by atoms with Gasteiger partial charge >= 0.3 is 5.91 Å². The Labute approximate surface area is 117 Å². The van der Waals surface area contributed by atoms with Gasteiger partial charge in [0.2, 0.25) is 0 Å². The number of furan rings is 1. The summed E-state index contributed by atoms with van der Waals surface area (Å²) in [5, 5.41) is 10.7. The van der Waals surface area contributed by atoms with Gasteiger partial charge in [0.05, 0.1) is 16.7 Å². The molecule has 0 radical (unpaired) electrons. The average molecular weight is 290 g/mol. The molecule has 0 spiro atoms. The van der Waals surface area contributed by atoms with Gasteiger partial charge in [0.25, 0.3) is 11.6 Å². The Morgan fingerprint density at radius 3 is 2.52 bits per heavy atom. The first-order chi connectivity index (χ1) is 9.99. The molecule has 0 aliphatic carbocycles. The Balaban J connectivity index is 2.08. The molecule has 0 fully saturated rings. The number of nitro groups is 1. The quantitative estimate of drug-likeness (QED) is 0.434. The number of rotatable bonds is 3. The molecule has 2 aromatic rings. The van der Waals surface area contributed by atoms with Crippen molar-refractivity contribution in [2.75, 3.05) is 5.73 Å². The van der Waals surface area contributed by atoms with Gasteiger partial charge in [-0.25, -0.2) is 0 Å². The normalized spacial score (nSPS) is 9.90. The van der Waals surface area contributed by atoms with Gasteiger partial charge in [0.15, 0.2) is 5.76 Å². The largest absolute Gasteiger partial charge is 0.459 e. The van der Waals surface area contributed by atoms with E-state index in [9.17, 15) is 19.7 Å². The molecule has 1 aromatic carbocycles. The van der Waals surface area contributed by atoms with Crippen molar-refractivity contribution in [1.82, 2.24) is 10.9 Å². The molecule has 0 aliphatic rings. The van der Waals surface area contributed by atoms with E-state index in [1.54, 1.807) is 0 Å². The number of anilines is 1. The molecule has 2 amide bonds. The van der Waals surface area contributed by atoms with Crippen LogP contribution in [0.2, 0.25) is 0 Å². The fourth-order valence-electron chi connectivity index (χ4n) is 1.50. The molecule has 1 aromatic heterocycles. The summed E-state index contributed by atoms with van der Waals surface area (Å²) in [5.41, 5.74) is 9.41. The van der Waals surface area contributed by atoms with Crippen LogP contribution in [0, 0.1) is 10.1 Å². The van der Waals surface area contributed by atoms with Crippen molar-refractivity contribution >= 4 is 23.2 Å². The van der Waals surface area contributed by atoms with Crippen LogP contribution in [0.15, 0.2) is 41.0 Å². The van der Waals surface area contributed by atoms with Crippen molar-refractivity contribution in [1.29, 1.82) is 0 Å². The zero-order valence-electron chi connectivity index (χ0n) is 10.5. The molecule has 0 atom stereocenters. The van der Waals surface area contributed by atoms with Crippen molar-refractivity contribution in [3.8, 4) is 0 Å². The Morgan fingerprint density at radius 2 is 1.90 bits per heavy atom. The van der Waals surface area contributed by atoms with E-state index in [0.717, 1.165) is 6.07 Å². The third-order valence-electron chi connectivity index (χ3n) is 2.53. The standard InChI is InChI=1S/C12H10N4O5/c13-9-4-3-7(16(19)20)6-8(9)11(17)14-15-12(18)10-2-1-5-21-10/h1-6H,13H2,(H,14,17)(H,15,18). The maximum Gasteiger partial charge on any atom is 0.305 e. The van der Waals surface area contributed by atoms with Gasteiger partial charge < -0.3 is 10.2 Å². The van der Waals surface area contributed by atoms with Crippen LogP contribution in [0.1, 0.15) is 20.9 Å². The predicted octanol–water partition coefficient (Wildman–Crippen LogP) is 0.845. The second-order valence-electron chi connectivity index (χ2n) is 3.91. The number of amides is 2. The molecule has 0 saturated heterocycles. The summed E-state index contributed by atoms with van der Waals surface area (Å²) in [4.78, 5) is 33.4. The maximum atomic E-state index is 11.9. The highest BCUT2D eigenvalue weighted by molar-refractivity contribution is 6.01. The van der Waals surface area contributed by atoms with E-state index in [2.05, 4.69) is 10.9 Å². The zero-order valence-corrected chi connectivity index (χ0v) is 10.5. The minimum atomic E-state index is -0.781. The summed E-state index contributed by atoms with van der Waals surface area (Å²) in [6.07, 6.45) is 1.30. The van der Waals surface area contributed by atoms with Gasteiger partial charge in [-0.3, -0.25) is 30.6 Å². The summed E-state index contributed by atoms with van der Waals surface area (Å²) in [6, 6.07) is 6.34. The van der Waals surface area contributed by atoms with Crippen LogP contribution in [-0.2, 0) is 0 Å². The topological polar surface area (TPSA) is 140 Å². The summed E-state index contributed by atoms with van der Waals surface area (Å²) >= 11 is 0. The van der Waals surface area contributed by atoms with Crippen LogP contribution in [-0.4, -0.2) is 16.7 Å². The minimum absolute atomic E-state index is 0.00214. The van der Waals surface area contributed by atoms with Gasteiger partial charge in [-0.2, -0.15) is 0 Å². The third kappa shape index (κ3) is 3.15. The molecule has 0 bridgehead atoms. The molecule has 1 heterocycles. The second kappa shape index (κ2) is 5.74. The van der Waals surface area contributed by atoms with Gasteiger partial charge in [-0.15, -0.1) is 0 Å². The number of hydrogen-bond acceptors (Lipinski definition) is 6. The first kappa shape index (κ1) is 14.1. The van der Waals surface area contributed by atoms with Crippen LogP contribution in [0.25, 0.3) is 0 Å². The number of carbonyl (C=O) groups is 2. The summed E-state index contributed by atoms with van der Waals surface area (Å²) < 4.78 is 4.83. The predicted molar refractivity (Wildman–Crippen MR) is 71.1 cm³/mol. The summed E-state index contributed by atoms with van der Waals surface area (Å²) in [7, 11) is 0. The van der Waals surface area contributed by atoms with Crippen molar-refractivity contribution < 1.29 is 18.9 Å². The SMILES string of the molecule is Nc1ccc([N+](=O)[O-])cc1C(=O)NNC(=O)c1ccco1. The van der Waals surface area contributed by atoms with Gasteiger partial charge in [-0.1, -0.05) is 0 Å². The average Bonchev–Trinajstić information content (AvgIpc) is 2.98. The number of nitrogen functional groups attached to an aromatic ring is 1. The number of nitrogens with zero attached hydrogens (tertiary/aromatic N) is 1. The Bertz CT molecular complexity index is 696. The fraction of sp³-hybridized carbons (Fsp3) is 0. The number of non-ortho nitro benzene ring substituents is 1. The van der Waals surface area contributed by atoms with Gasteiger partial charge in [0.1, 0.15) is 0 Å². The molecule has 0 unspecified atom stereocenters. The van der Waals surface area contributed by atoms with Crippen molar-refractivity contribution in [2.24, 2.45) is 0 Å². The van der Waals surface area contributed by atoms with Crippen molar-refractivity contribution in [3.05, 3.63) is 58.0 Å². The molecule has 4 N–H and O–H groups in total. The Hall–Kier alpha value is -3.36. The molecule has 2 rings (SSSR count). The number of hydrogen-bond donors (Lipinski definition) is 3. The lowest BCUT2D eigenvalue weighted by atomic mass is 10.1. The number of benzene rings is 1. The molecule has 21 heavy (non-hydrogen) atoms. The fourth-order valence-corrected chi connectivity index (χ4v) is 1.50. The Kier molecular flexibility index (Phi) is 3.84. The van der Waals surface area contributed by atoms with E-state index in [1.807, 2.05) is 0 Å². The van der Waals surface area contributed by atoms with E-state index in [0.29, 0.717) is 0 Å². The van der Waals surface area contributed by atoms with E-state index in [4.69, 9.17) is 10.2 Å². The number of nitrogens with two attached hydrogens (primary N) is 1. The third-order valence-corrected chi connectivity index (χ3v) is 2.53. The number of nitrogens with one attached hydrogen (secondary N) is 2. The number of carbonyl (C=O) groups excluding carboxylic acids is 2. The van der Waals surface area contributed by atoms with Gasteiger partial charge in [-0.05, 0) is 18.2 Å². The highest BCUT2D eigenvalue weighted by Crippen LogP contribution is 2.19. The van der Waals surface area contributed by atoms with E-state index in [-0.39, 0.29) is 22.7 Å². The van der Waals surface area contributed by atoms with Crippen LogP contribution in [0.5, 0.6) is 0 Å². The van der Waals surface area contributed by atoms with E-state index in [1.165, 1.54) is 30.5 Å². The van der Waals surface area contributed by atoms with E-state index < -0.39 is 16.7 Å². The number of hydrazine groups is 1. The molecule has 0 aliphatic heterocycles. The first-order valence-corrected chi connectivity index (χ1v) is 5.67. The van der Waals surface area contributed by atoms with Gasteiger partial charge in [0, 0.05) is 17.8 Å². The lowest BCUT2D eigenvalue weighted by Crippen LogP contribution is -2.41. The smallest absolute Gasteiger partial charge is 0.305 e. The minimum Gasteiger partial charge on any atom is -0.459 e. The molecule has 9 heteroatoms. The van der Waals surface area contributed by atoms with Crippen LogP contribution < -0.4 is 16.6 Å². The lowest BCUT2D eigenvalue weighted by Gasteiger charge is -2.07. The lowest BCUT2D eigenvalue weighted by molar-refractivity contribution is -0.384. The molecular weight excluding hydrogens is 280 g/mol. The van der Waals surface area contributed by atoms with Crippen molar-refractivity contribution in [2.45, 2.75) is 0 Å². The monoisotopic (exact) mass is 290 g/mol. The molecule has 108 valence electrons. The van der Waals surface area contributed by atoms with Crippen molar-refractivity contribution in [3.63, 3.8) is 0 Å². The number of nitro benzene ring substituents is 1. The Morgan fingerprint density at radius 1 is 1.19 bits per heavy atom. The molecular formula is C12H10N4O5. The summed E-state index contributed by atoms with van der Waals surface area (Å²) in [6.45, 7) is 0. The highest BCUT2D eigenvalue weighted by Gasteiger charge is 2.16. The van der Waals surface area contributed by atoms with Crippen LogP contribution >= 0.6 is 0 Å². The van der Waals surface area contributed by atoms with Crippen LogP contribution in [0.3, 0.4) is 0 Å². The molecule has 9 nitrogen and oxygen atoms in total. The molecule has 0 saturated carbocycles. The van der Waals surface area contributed by atoms with E-state index >= 15 is 0 Å². The zero-order chi connectivity index (χ0) is 15.4. The second-order valence-corrected chi connectivity index (χ2v) is 3.91.